The minimum atomic E-state index is -0.564. The van der Waals surface area contributed by atoms with Crippen LogP contribution in [0.25, 0.3) is 10.8 Å². The summed E-state index contributed by atoms with van der Waals surface area (Å²) in [6, 6.07) is 14.5. The van der Waals surface area contributed by atoms with Crippen molar-refractivity contribution in [3.05, 3.63) is 48.0 Å². The Morgan fingerprint density at radius 3 is 2.68 bits per heavy atom. The first-order valence-electron chi connectivity index (χ1n) is 7.87. The summed E-state index contributed by atoms with van der Waals surface area (Å²) < 4.78 is 5.00. The SMILES string of the molecule is CCOC(=O)C1CC[C@H](c2cccc3ccccc23)CC1=O. The van der Waals surface area contributed by atoms with Gasteiger partial charge in [-0.2, -0.15) is 0 Å². The van der Waals surface area contributed by atoms with Crippen molar-refractivity contribution < 1.29 is 14.3 Å². The molecule has 0 aromatic heterocycles. The molecule has 0 amide bonds. The molecule has 0 heterocycles. The zero-order chi connectivity index (χ0) is 15.5. The van der Waals surface area contributed by atoms with Crippen LogP contribution in [0.3, 0.4) is 0 Å². The maximum Gasteiger partial charge on any atom is 0.316 e. The largest absolute Gasteiger partial charge is 0.465 e. The fraction of sp³-hybridized carbons (Fsp3) is 0.368. The predicted octanol–water partition coefficient (Wildman–Crippen LogP) is 3.86. The lowest BCUT2D eigenvalue weighted by atomic mass is 9.76. The summed E-state index contributed by atoms with van der Waals surface area (Å²) in [6.45, 7) is 2.10. The highest BCUT2D eigenvalue weighted by Gasteiger charge is 2.35. The smallest absolute Gasteiger partial charge is 0.316 e. The predicted molar refractivity (Wildman–Crippen MR) is 85.7 cm³/mol. The van der Waals surface area contributed by atoms with Gasteiger partial charge in [0.15, 0.2) is 0 Å². The number of Topliss-reactive ketones (excluding diaryl/α,β-unsaturated/α-hetero) is 1. The average Bonchev–Trinajstić information content (AvgIpc) is 2.54. The van der Waals surface area contributed by atoms with Crippen LogP contribution in [0.15, 0.2) is 42.5 Å². The molecule has 3 heteroatoms. The average molecular weight is 296 g/mol. The molecule has 2 aromatic carbocycles. The molecule has 114 valence electrons. The molecule has 22 heavy (non-hydrogen) atoms. The van der Waals surface area contributed by atoms with Gasteiger partial charge in [0.05, 0.1) is 6.61 Å². The van der Waals surface area contributed by atoms with Gasteiger partial charge < -0.3 is 4.74 Å². The second-order valence-corrected chi connectivity index (χ2v) is 5.82. The number of hydrogen-bond acceptors (Lipinski definition) is 3. The van der Waals surface area contributed by atoms with E-state index in [4.69, 9.17) is 4.74 Å². The van der Waals surface area contributed by atoms with E-state index in [9.17, 15) is 9.59 Å². The van der Waals surface area contributed by atoms with Gasteiger partial charge in [0, 0.05) is 6.42 Å². The molecule has 2 aromatic rings. The minimum absolute atomic E-state index is 0.0163. The lowest BCUT2D eigenvalue weighted by molar-refractivity contribution is -0.152. The van der Waals surface area contributed by atoms with E-state index < -0.39 is 5.92 Å². The summed E-state index contributed by atoms with van der Waals surface area (Å²) in [5, 5.41) is 2.40. The van der Waals surface area contributed by atoms with Crippen LogP contribution >= 0.6 is 0 Å². The monoisotopic (exact) mass is 296 g/mol. The molecule has 3 nitrogen and oxygen atoms in total. The van der Waals surface area contributed by atoms with Crippen LogP contribution in [-0.2, 0) is 14.3 Å². The molecule has 2 atom stereocenters. The van der Waals surface area contributed by atoms with E-state index in [1.165, 1.54) is 16.3 Å². The van der Waals surface area contributed by atoms with Gasteiger partial charge in [-0.3, -0.25) is 9.59 Å². The third kappa shape index (κ3) is 2.76. The van der Waals surface area contributed by atoms with Gasteiger partial charge in [-0.1, -0.05) is 42.5 Å². The van der Waals surface area contributed by atoms with Crippen LogP contribution in [0.2, 0.25) is 0 Å². The highest BCUT2D eigenvalue weighted by molar-refractivity contribution is 6.00. The van der Waals surface area contributed by atoms with Crippen LogP contribution in [0.4, 0.5) is 0 Å². The van der Waals surface area contributed by atoms with Crippen LogP contribution in [-0.4, -0.2) is 18.4 Å². The highest BCUT2D eigenvalue weighted by atomic mass is 16.5. The normalized spacial score (nSPS) is 21.8. The summed E-state index contributed by atoms with van der Waals surface area (Å²) in [6.07, 6.45) is 1.87. The zero-order valence-electron chi connectivity index (χ0n) is 12.7. The molecule has 0 N–H and O–H groups in total. The number of rotatable bonds is 3. The summed E-state index contributed by atoms with van der Waals surface area (Å²) in [4.78, 5) is 24.2. The second kappa shape index (κ2) is 6.30. The van der Waals surface area contributed by atoms with Crippen molar-refractivity contribution in [2.45, 2.75) is 32.1 Å². The summed E-state index contributed by atoms with van der Waals surface area (Å²) >= 11 is 0. The summed E-state index contributed by atoms with van der Waals surface area (Å²) in [7, 11) is 0. The molecule has 1 saturated carbocycles. The van der Waals surface area contributed by atoms with Crippen molar-refractivity contribution in [1.29, 1.82) is 0 Å². The van der Waals surface area contributed by atoms with Gasteiger partial charge in [0.25, 0.3) is 0 Å². The molecule has 0 bridgehead atoms. The van der Waals surface area contributed by atoms with E-state index in [1.807, 2.05) is 18.2 Å². The Hall–Kier alpha value is -2.16. The van der Waals surface area contributed by atoms with Crippen molar-refractivity contribution in [2.24, 2.45) is 5.92 Å². The maximum absolute atomic E-state index is 12.3. The molecule has 0 saturated heterocycles. The van der Waals surface area contributed by atoms with Gasteiger partial charge >= 0.3 is 5.97 Å². The Morgan fingerprint density at radius 1 is 1.14 bits per heavy atom. The topological polar surface area (TPSA) is 43.4 Å². The van der Waals surface area contributed by atoms with Crippen molar-refractivity contribution in [2.75, 3.05) is 6.61 Å². The van der Waals surface area contributed by atoms with Crippen molar-refractivity contribution >= 4 is 22.5 Å². The van der Waals surface area contributed by atoms with Crippen molar-refractivity contribution in [3.63, 3.8) is 0 Å². The van der Waals surface area contributed by atoms with Gasteiger partial charge in [-0.25, -0.2) is 0 Å². The molecule has 1 aliphatic carbocycles. The first-order valence-corrected chi connectivity index (χ1v) is 7.87. The van der Waals surface area contributed by atoms with Crippen LogP contribution < -0.4 is 0 Å². The minimum Gasteiger partial charge on any atom is -0.465 e. The molecule has 1 fully saturated rings. The van der Waals surface area contributed by atoms with Crippen LogP contribution in [0, 0.1) is 5.92 Å². The van der Waals surface area contributed by atoms with Gasteiger partial charge in [-0.05, 0) is 42.0 Å². The van der Waals surface area contributed by atoms with Crippen molar-refractivity contribution in [1.82, 2.24) is 0 Å². The Bertz CT molecular complexity index is 699. The lowest BCUT2D eigenvalue weighted by Gasteiger charge is -2.27. The molecule has 3 rings (SSSR count). The third-order valence-electron chi connectivity index (χ3n) is 4.47. The quantitative estimate of drug-likeness (QED) is 0.638. The first kappa shape index (κ1) is 14.8. The standard InChI is InChI=1S/C19H20O3/c1-2-22-19(21)17-11-10-14(12-18(17)20)16-9-5-7-13-6-3-4-8-15(13)16/h3-9,14,17H,2,10-12H2,1H3/t14-,17?/m0/s1. The molecular formula is C19H20O3. The second-order valence-electron chi connectivity index (χ2n) is 5.82. The van der Waals surface area contributed by atoms with Gasteiger partial charge in [0.1, 0.15) is 11.7 Å². The molecule has 0 aliphatic heterocycles. The third-order valence-corrected chi connectivity index (χ3v) is 4.47. The van der Waals surface area contributed by atoms with Gasteiger partial charge in [-0.15, -0.1) is 0 Å². The van der Waals surface area contributed by atoms with E-state index in [0.717, 1.165) is 6.42 Å². The van der Waals surface area contributed by atoms with E-state index >= 15 is 0 Å². The number of carbonyl (C=O) groups excluding carboxylic acids is 2. The van der Waals surface area contributed by atoms with Crippen LogP contribution in [0.1, 0.15) is 37.7 Å². The number of hydrogen-bond donors (Lipinski definition) is 0. The number of fused-ring (bicyclic) bond motifs is 1. The molecule has 0 spiro atoms. The van der Waals surface area contributed by atoms with E-state index in [-0.39, 0.29) is 17.7 Å². The fourth-order valence-corrected chi connectivity index (χ4v) is 3.38. The number of benzene rings is 2. The van der Waals surface area contributed by atoms with Gasteiger partial charge in [0.2, 0.25) is 0 Å². The number of carbonyl (C=O) groups is 2. The van der Waals surface area contributed by atoms with Crippen LogP contribution in [0.5, 0.6) is 0 Å². The van der Waals surface area contributed by atoms with E-state index in [0.29, 0.717) is 19.4 Å². The number of esters is 1. The number of ether oxygens (including phenoxy) is 1. The molecule has 1 aliphatic rings. The Balaban J connectivity index is 1.83. The Labute approximate surface area is 130 Å². The van der Waals surface area contributed by atoms with Crippen molar-refractivity contribution in [3.8, 4) is 0 Å². The lowest BCUT2D eigenvalue weighted by Crippen LogP contribution is -2.31. The molecule has 0 radical (unpaired) electrons. The summed E-state index contributed by atoms with van der Waals surface area (Å²) in [5.74, 6) is -0.707. The summed E-state index contributed by atoms with van der Waals surface area (Å²) in [5.41, 5.74) is 1.22. The maximum atomic E-state index is 12.3. The fourth-order valence-electron chi connectivity index (χ4n) is 3.38. The zero-order valence-corrected chi connectivity index (χ0v) is 12.7. The Morgan fingerprint density at radius 2 is 1.91 bits per heavy atom. The Kier molecular flexibility index (Phi) is 4.23. The highest BCUT2D eigenvalue weighted by Crippen LogP contribution is 2.37. The first-order chi connectivity index (χ1) is 10.7. The molecular weight excluding hydrogens is 276 g/mol. The number of ketones is 1. The van der Waals surface area contributed by atoms with E-state index in [2.05, 4.69) is 24.3 Å². The molecule has 1 unspecified atom stereocenters. The van der Waals surface area contributed by atoms with E-state index in [1.54, 1.807) is 6.92 Å².